The number of carbonyl (C=O) groups is 2. The SMILES string of the molecule is C=CC(=O)N1C/C(=C/c2ccc(N3CC3)cc2)C(=O)/C(=C/c2ccc(N3CC3)cc2)C1. The van der Waals surface area contributed by atoms with Crippen LogP contribution >= 0.6 is 0 Å². The van der Waals surface area contributed by atoms with Gasteiger partial charge < -0.3 is 14.7 Å². The molecule has 1 amide bonds. The third-order valence-electron chi connectivity index (χ3n) is 5.88. The number of carbonyl (C=O) groups excluding carboxylic acids is 2. The number of hydrogen-bond donors (Lipinski definition) is 0. The van der Waals surface area contributed by atoms with Crippen LogP contribution in [0.3, 0.4) is 0 Å². The normalized spacial score (nSPS) is 20.4. The van der Waals surface area contributed by atoms with Crippen LogP contribution in [0.15, 0.2) is 72.3 Å². The quantitative estimate of drug-likeness (QED) is 0.559. The molecule has 2 aromatic rings. The van der Waals surface area contributed by atoms with Crippen LogP contribution in [0.4, 0.5) is 11.4 Å². The lowest BCUT2D eigenvalue weighted by molar-refractivity contribution is -0.126. The van der Waals surface area contributed by atoms with Gasteiger partial charge >= 0.3 is 0 Å². The first-order valence-corrected chi connectivity index (χ1v) is 10.7. The second-order valence-corrected chi connectivity index (χ2v) is 8.22. The first-order chi connectivity index (χ1) is 15.1. The highest BCUT2D eigenvalue weighted by molar-refractivity contribution is 6.15. The molecule has 3 aliphatic heterocycles. The molecule has 0 N–H and O–H groups in total. The number of amides is 1. The molecule has 0 aromatic heterocycles. The Bertz CT molecular complexity index is 1010. The zero-order valence-electron chi connectivity index (χ0n) is 17.5. The van der Waals surface area contributed by atoms with Gasteiger partial charge in [0.1, 0.15) is 0 Å². The molecule has 2 aromatic carbocycles. The number of anilines is 2. The van der Waals surface area contributed by atoms with Gasteiger partial charge in [-0.25, -0.2) is 0 Å². The Morgan fingerprint density at radius 3 is 1.52 bits per heavy atom. The number of rotatable bonds is 5. The third kappa shape index (κ3) is 4.31. The van der Waals surface area contributed by atoms with E-state index >= 15 is 0 Å². The Labute approximate surface area is 182 Å². The molecule has 31 heavy (non-hydrogen) atoms. The molecule has 0 unspecified atom stereocenters. The van der Waals surface area contributed by atoms with Gasteiger partial charge in [-0.05, 0) is 53.6 Å². The maximum atomic E-state index is 13.2. The summed E-state index contributed by atoms with van der Waals surface area (Å²) >= 11 is 0. The number of likely N-dealkylation sites (tertiary alicyclic amines) is 1. The Morgan fingerprint density at radius 2 is 1.16 bits per heavy atom. The molecule has 156 valence electrons. The van der Waals surface area contributed by atoms with Gasteiger partial charge in [0, 0.05) is 48.7 Å². The maximum Gasteiger partial charge on any atom is 0.246 e. The van der Waals surface area contributed by atoms with E-state index in [4.69, 9.17) is 0 Å². The number of ketones is 1. The molecule has 0 spiro atoms. The molecular formula is C26H25N3O2. The molecular weight excluding hydrogens is 386 g/mol. The molecule has 0 radical (unpaired) electrons. The average molecular weight is 412 g/mol. The van der Waals surface area contributed by atoms with E-state index < -0.39 is 0 Å². The molecule has 5 rings (SSSR count). The van der Waals surface area contributed by atoms with E-state index in [0.29, 0.717) is 24.2 Å². The van der Waals surface area contributed by atoms with Crippen molar-refractivity contribution in [1.29, 1.82) is 0 Å². The first kappa shape index (κ1) is 19.4. The molecule has 3 heterocycles. The van der Waals surface area contributed by atoms with E-state index in [0.717, 1.165) is 37.3 Å². The summed E-state index contributed by atoms with van der Waals surface area (Å²) in [5.74, 6) is -0.170. The lowest BCUT2D eigenvalue weighted by Gasteiger charge is -2.29. The van der Waals surface area contributed by atoms with Crippen LogP contribution in [0, 0.1) is 0 Å². The number of piperidine rings is 1. The van der Waals surface area contributed by atoms with Crippen LogP contribution < -0.4 is 9.80 Å². The highest BCUT2D eigenvalue weighted by Crippen LogP contribution is 2.26. The van der Waals surface area contributed by atoms with Crippen molar-refractivity contribution in [2.75, 3.05) is 49.1 Å². The van der Waals surface area contributed by atoms with E-state index in [1.54, 1.807) is 4.90 Å². The second kappa shape index (κ2) is 7.91. The number of Topliss-reactive ketones (excluding diaryl/α,β-unsaturated/α-hetero) is 1. The summed E-state index contributed by atoms with van der Waals surface area (Å²) in [5, 5.41) is 0. The molecule has 0 bridgehead atoms. The van der Waals surface area contributed by atoms with E-state index in [1.807, 2.05) is 36.4 Å². The lowest BCUT2D eigenvalue weighted by Crippen LogP contribution is -2.40. The highest BCUT2D eigenvalue weighted by atomic mass is 16.2. The molecule has 5 heteroatoms. The smallest absolute Gasteiger partial charge is 0.246 e. The molecule has 0 saturated carbocycles. The van der Waals surface area contributed by atoms with E-state index in [-0.39, 0.29) is 11.7 Å². The predicted octanol–water partition coefficient (Wildman–Crippen LogP) is 3.39. The monoisotopic (exact) mass is 411 g/mol. The van der Waals surface area contributed by atoms with Gasteiger partial charge in [-0.15, -0.1) is 0 Å². The Morgan fingerprint density at radius 1 is 0.742 bits per heavy atom. The summed E-state index contributed by atoms with van der Waals surface area (Å²) in [6.07, 6.45) is 5.10. The minimum atomic E-state index is -0.168. The summed E-state index contributed by atoms with van der Waals surface area (Å²) in [6, 6.07) is 16.4. The largest absolute Gasteiger partial charge is 0.368 e. The van der Waals surface area contributed by atoms with Crippen molar-refractivity contribution in [3.63, 3.8) is 0 Å². The molecule has 3 aliphatic rings. The molecule has 0 aliphatic carbocycles. The molecule has 3 saturated heterocycles. The molecule has 3 fully saturated rings. The van der Waals surface area contributed by atoms with Crippen molar-refractivity contribution in [1.82, 2.24) is 4.90 Å². The predicted molar refractivity (Wildman–Crippen MR) is 125 cm³/mol. The molecule has 0 atom stereocenters. The fraction of sp³-hybridized carbons (Fsp3) is 0.231. The van der Waals surface area contributed by atoms with Crippen molar-refractivity contribution >= 4 is 35.2 Å². The third-order valence-corrected chi connectivity index (χ3v) is 5.88. The number of hydrogen-bond acceptors (Lipinski definition) is 4. The second-order valence-electron chi connectivity index (χ2n) is 8.22. The fourth-order valence-electron chi connectivity index (χ4n) is 3.91. The summed E-state index contributed by atoms with van der Waals surface area (Å²) in [7, 11) is 0. The van der Waals surface area contributed by atoms with Gasteiger partial charge in [-0.3, -0.25) is 9.59 Å². The van der Waals surface area contributed by atoms with E-state index in [2.05, 4.69) is 40.6 Å². The van der Waals surface area contributed by atoms with Gasteiger partial charge in [0.25, 0.3) is 0 Å². The summed E-state index contributed by atoms with van der Waals surface area (Å²) in [4.78, 5) is 31.8. The first-order valence-electron chi connectivity index (χ1n) is 10.7. The van der Waals surface area contributed by atoms with Crippen LogP contribution in [-0.2, 0) is 9.59 Å². The number of nitrogens with zero attached hydrogens (tertiary/aromatic N) is 3. The van der Waals surface area contributed by atoms with Crippen molar-refractivity contribution in [3.05, 3.63) is 83.5 Å². The number of benzene rings is 2. The van der Waals surface area contributed by atoms with Crippen LogP contribution in [0.2, 0.25) is 0 Å². The van der Waals surface area contributed by atoms with Crippen LogP contribution in [0.25, 0.3) is 12.2 Å². The van der Waals surface area contributed by atoms with E-state index in [9.17, 15) is 9.59 Å². The Hall–Kier alpha value is -3.60. The highest BCUT2D eigenvalue weighted by Gasteiger charge is 2.28. The van der Waals surface area contributed by atoms with Crippen molar-refractivity contribution in [2.45, 2.75) is 0 Å². The van der Waals surface area contributed by atoms with E-state index in [1.165, 1.54) is 17.5 Å². The van der Waals surface area contributed by atoms with Crippen LogP contribution in [-0.4, -0.2) is 55.9 Å². The van der Waals surface area contributed by atoms with Crippen molar-refractivity contribution < 1.29 is 9.59 Å². The van der Waals surface area contributed by atoms with Gasteiger partial charge in [0.15, 0.2) is 5.78 Å². The average Bonchev–Trinajstić information content (AvgIpc) is 3.70. The minimum Gasteiger partial charge on any atom is -0.368 e. The Kier molecular flexibility index (Phi) is 4.94. The summed E-state index contributed by atoms with van der Waals surface area (Å²) < 4.78 is 0. The minimum absolute atomic E-state index is 0.00171. The van der Waals surface area contributed by atoms with Gasteiger partial charge in [-0.1, -0.05) is 30.8 Å². The van der Waals surface area contributed by atoms with Gasteiger partial charge in [0.2, 0.25) is 5.91 Å². The lowest BCUT2D eigenvalue weighted by atomic mass is 9.94. The van der Waals surface area contributed by atoms with Gasteiger partial charge in [-0.2, -0.15) is 0 Å². The maximum absolute atomic E-state index is 13.2. The van der Waals surface area contributed by atoms with Crippen molar-refractivity contribution in [3.8, 4) is 0 Å². The zero-order chi connectivity index (χ0) is 21.4. The topological polar surface area (TPSA) is 43.4 Å². The summed E-state index contributed by atoms with van der Waals surface area (Å²) in [6.45, 7) is 8.61. The Balaban J connectivity index is 1.43. The van der Waals surface area contributed by atoms with Crippen LogP contribution in [0.1, 0.15) is 11.1 Å². The van der Waals surface area contributed by atoms with Crippen LogP contribution in [0.5, 0.6) is 0 Å². The summed E-state index contributed by atoms with van der Waals surface area (Å²) in [5.41, 5.74) is 5.56. The standard InChI is InChI=1S/C26H25N3O2/c1-2-25(30)29-17-21(15-19-3-7-23(8-4-19)27-11-12-27)26(31)22(18-29)16-20-5-9-24(10-6-20)28-13-14-28/h2-10,15-16H,1,11-14,17-18H2/b21-15-,22-16+. The fourth-order valence-corrected chi connectivity index (χ4v) is 3.91. The molecule has 5 nitrogen and oxygen atoms in total. The van der Waals surface area contributed by atoms with Gasteiger partial charge in [0.05, 0.1) is 13.1 Å². The zero-order valence-corrected chi connectivity index (χ0v) is 17.5. The van der Waals surface area contributed by atoms with Crippen molar-refractivity contribution in [2.24, 2.45) is 0 Å².